The number of methoxy groups -OCH3 is 1. The first kappa shape index (κ1) is 11.0. The molecule has 0 aliphatic heterocycles. The van der Waals surface area contributed by atoms with Gasteiger partial charge in [-0.05, 0) is 19.1 Å². The lowest BCUT2D eigenvalue weighted by molar-refractivity contribution is 0.0590. The van der Waals surface area contributed by atoms with Crippen LogP contribution in [0.25, 0.3) is 11.0 Å². The van der Waals surface area contributed by atoms with Gasteiger partial charge in [-0.1, -0.05) is 11.6 Å². The molecular weight excluding hydrogens is 228 g/mol. The maximum absolute atomic E-state index is 11.5. The molecular formula is C11H11ClN2O2. The molecule has 0 fully saturated rings. The molecule has 84 valence electrons. The highest BCUT2D eigenvalue weighted by atomic mass is 35.5. The number of esters is 1. The second-order valence-electron chi connectivity index (χ2n) is 3.56. The zero-order valence-corrected chi connectivity index (χ0v) is 10.00. The van der Waals surface area contributed by atoms with Crippen LogP contribution in [0.15, 0.2) is 12.1 Å². The molecule has 0 N–H and O–H groups in total. The minimum absolute atomic E-state index is 0.394. The molecule has 0 aliphatic carbocycles. The van der Waals surface area contributed by atoms with Gasteiger partial charge < -0.3 is 9.30 Å². The summed E-state index contributed by atoms with van der Waals surface area (Å²) in [6.07, 6.45) is 0. The van der Waals surface area contributed by atoms with Gasteiger partial charge in [0.2, 0.25) is 0 Å². The van der Waals surface area contributed by atoms with Crippen molar-refractivity contribution in [3.05, 3.63) is 28.5 Å². The minimum Gasteiger partial charge on any atom is -0.464 e. The molecule has 0 radical (unpaired) electrons. The number of carbonyl (C=O) groups is 1. The Morgan fingerprint density at radius 1 is 1.50 bits per heavy atom. The smallest absolute Gasteiger partial charge is 0.354 e. The van der Waals surface area contributed by atoms with E-state index in [-0.39, 0.29) is 0 Å². The summed E-state index contributed by atoms with van der Waals surface area (Å²) in [5, 5.41) is 1.35. The Balaban J connectivity index is 2.77. The fraction of sp³-hybridized carbons (Fsp3) is 0.273. The quantitative estimate of drug-likeness (QED) is 0.717. The van der Waals surface area contributed by atoms with E-state index in [0.717, 1.165) is 11.1 Å². The summed E-state index contributed by atoms with van der Waals surface area (Å²) < 4.78 is 6.37. The molecule has 2 aromatic rings. The first-order valence-electron chi connectivity index (χ1n) is 4.75. The lowest BCUT2D eigenvalue weighted by Gasteiger charge is -2.01. The van der Waals surface area contributed by atoms with Crippen LogP contribution in [0.2, 0.25) is 5.02 Å². The minimum atomic E-state index is -0.394. The third-order valence-corrected chi connectivity index (χ3v) is 2.78. The van der Waals surface area contributed by atoms with Gasteiger partial charge in [0.05, 0.1) is 12.1 Å². The summed E-state index contributed by atoms with van der Waals surface area (Å²) in [5.41, 5.74) is 1.94. The zero-order valence-electron chi connectivity index (χ0n) is 9.24. The van der Waals surface area contributed by atoms with Gasteiger partial charge in [0.15, 0.2) is 0 Å². The van der Waals surface area contributed by atoms with Crippen molar-refractivity contribution in [2.45, 2.75) is 6.92 Å². The average molecular weight is 239 g/mol. The molecule has 0 aromatic carbocycles. The SMILES string of the molecule is COC(=O)c1cc2c(Cl)cc(C)nc2n1C. The number of nitrogens with zero attached hydrogens (tertiary/aromatic N) is 2. The van der Waals surface area contributed by atoms with Gasteiger partial charge >= 0.3 is 5.97 Å². The molecule has 2 heterocycles. The third-order valence-electron chi connectivity index (χ3n) is 2.47. The normalized spacial score (nSPS) is 10.8. The molecule has 0 unspecified atom stereocenters. The molecule has 0 atom stereocenters. The second kappa shape index (κ2) is 3.79. The van der Waals surface area contributed by atoms with Gasteiger partial charge in [-0.3, -0.25) is 0 Å². The van der Waals surface area contributed by atoms with E-state index in [2.05, 4.69) is 9.72 Å². The van der Waals surface area contributed by atoms with Crippen LogP contribution in [0.1, 0.15) is 16.2 Å². The largest absolute Gasteiger partial charge is 0.464 e. The van der Waals surface area contributed by atoms with Crippen molar-refractivity contribution in [1.82, 2.24) is 9.55 Å². The predicted molar refractivity (Wildman–Crippen MR) is 61.8 cm³/mol. The highest BCUT2D eigenvalue weighted by Crippen LogP contribution is 2.26. The van der Waals surface area contributed by atoms with E-state index in [4.69, 9.17) is 11.6 Å². The summed E-state index contributed by atoms with van der Waals surface area (Å²) >= 11 is 6.09. The highest BCUT2D eigenvalue weighted by molar-refractivity contribution is 6.35. The van der Waals surface area contributed by atoms with Gasteiger partial charge in [0.25, 0.3) is 0 Å². The topological polar surface area (TPSA) is 44.1 Å². The fourth-order valence-corrected chi connectivity index (χ4v) is 1.96. The number of rotatable bonds is 1. The number of aryl methyl sites for hydroxylation is 2. The monoisotopic (exact) mass is 238 g/mol. The van der Waals surface area contributed by atoms with Gasteiger partial charge in [-0.15, -0.1) is 0 Å². The Morgan fingerprint density at radius 3 is 2.81 bits per heavy atom. The van der Waals surface area contributed by atoms with E-state index in [1.807, 2.05) is 6.92 Å². The predicted octanol–water partition coefficient (Wildman–Crippen LogP) is 2.32. The van der Waals surface area contributed by atoms with E-state index in [0.29, 0.717) is 16.4 Å². The molecule has 2 rings (SSSR count). The Kier molecular flexibility index (Phi) is 2.59. The molecule has 0 saturated heterocycles. The molecule has 0 saturated carbocycles. The standard InChI is InChI=1S/C11H11ClN2O2/c1-6-4-8(12)7-5-9(11(15)16-3)14(2)10(7)13-6/h4-5H,1-3H3. The van der Waals surface area contributed by atoms with E-state index < -0.39 is 5.97 Å². The van der Waals surface area contributed by atoms with Crippen LogP contribution >= 0.6 is 11.6 Å². The maximum Gasteiger partial charge on any atom is 0.354 e. The van der Waals surface area contributed by atoms with Crippen molar-refractivity contribution in [3.63, 3.8) is 0 Å². The molecule has 4 nitrogen and oxygen atoms in total. The van der Waals surface area contributed by atoms with E-state index in [1.54, 1.807) is 23.7 Å². The van der Waals surface area contributed by atoms with Crippen molar-refractivity contribution in [2.24, 2.45) is 7.05 Å². The summed E-state index contributed by atoms with van der Waals surface area (Å²) in [6, 6.07) is 3.46. The Labute approximate surface area is 97.8 Å². The van der Waals surface area contributed by atoms with E-state index in [9.17, 15) is 4.79 Å². The number of halogens is 1. The summed E-state index contributed by atoms with van der Waals surface area (Å²) in [5.74, 6) is -0.394. The van der Waals surface area contributed by atoms with Gasteiger partial charge in [-0.2, -0.15) is 0 Å². The second-order valence-corrected chi connectivity index (χ2v) is 3.97. The first-order valence-corrected chi connectivity index (χ1v) is 5.13. The molecule has 2 aromatic heterocycles. The molecule has 16 heavy (non-hydrogen) atoms. The lowest BCUT2D eigenvalue weighted by Crippen LogP contribution is -2.07. The van der Waals surface area contributed by atoms with Crippen LogP contribution in [0.5, 0.6) is 0 Å². The van der Waals surface area contributed by atoms with E-state index in [1.165, 1.54) is 7.11 Å². The average Bonchev–Trinajstić information content (AvgIpc) is 2.56. The van der Waals surface area contributed by atoms with Crippen molar-refractivity contribution >= 4 is 28.6 Å². The van der Waals surface area contributed by atoms with Crippen LogP contribution in [0.4, 0.5) is 0 Å². The zero-order chi connectivity index (χ0) is 11.9. The first-order chi connectivity index (χ1) is 7.54. The fourth-order valence-electron chi connectivity index (χ4n) is 1.66. The van der Waals surface area contributed by atoms with Crippen LogP contribution in [-0.2, 0) is 11.8 Å². The number of hydrogen-bond acceptors (Lipinski definition) is 3. The van der Waals surface area contributed by atoms with Crippen molar-refractivity contribution in [3.8, 4) is 0 Å². The number of hydrogen-bond donors (Lipinski definition) is 0. The third kappa shape index (κ3) is 1.55. The number of carbonyl (C=O) groups excluding carboxylic acids is 1. The molecule has 0 spiro atoms. The lowest BCUT2D eigenvalue weighted by atomic mass is 10.3. The number of pyridine rings is 1. The summed E-state index contributed by atoms with van der Waals surface area (Å²) in [4.78, 5) is 15.8. The number of ether oxygens (including phenoxy) is 1. The Morgan fingerprint density at radius 2 is 2.19 bits per heavy atom. The van der Waals surface area contributed by atoms with Crippen LogP contribution in [-0.4, -0.2) is 22.6 Å². The van der Waals surface area contributed by atoms with Crippen LogP contribution < -0.4 is 0 Å². The van der Waals surface area contributed by atoms with Crippen LogP contribution in [0, 0.1) is 6.92 Å². The summed E-state index contributed by atoms with van der Waals surface area (Å²) in [7, 11) is 3.11. The van der Waals surface area contributed by atoms with Gasteiger partial charge in [0.1, 0.15) is 11.3 Å². The summed E-state index contributed by atoms with van der Waals surface area (Å²) in [6.45, 7) is 1.86. The van der Waals surface area contributed by atoms with Crippen molar-refractivity contribution in [2.75, 3.05) is 7.11 Å². The molecule has 0 bridgehead atoms. The molecule has 0 aliphatic rings. The van der Waals surface area contributed by atoms with Crippen molar-refractivity contribution in [1.29, 1.82) is 0 Å². The molecule has 5 heteroatoms. The maximum atomic E-state index is 11.5. The van der Waals surface area contributed by atoms with Crippen molar-refractivity contribution < 1.29 is 9.53 Å². The number of aromatic nitrogens is 2. The van der Waals surface area contributed by atoms with E-state index >= 15 is 0 Å². The Hall–Kier alpha value is -1.55. The van der Waals surface area contributed by atoms with Crippen LogP contribution in [0.3, 0.4) is 0 Å². The van der Waals surface area contributed by atoms with Gasteiger partial charge in [0, 0.05) is 18.1 Å². The number of fused-ring (bicyclic) bond motifs is 1. The van der Waals surface area contributed by atoms with Gasteiger partial charge in [-0.25, -0.2) is 9.78 Å². The highest BCUT2D eigenvalue weighted by Gasteiger charge is 2.16. The molecule has 0 amide bonds. The Bertz CT molecular complexity index is 575.